The standard InChI is InChI=1S/C17H26N2O2/c1-4-18-11-12(2)17(20)19-16(13-5-6-13)14-7-9-15(21-3)10-8-14/h7-10,12-13,16,18H,4-6,11H2,1-3H3,(H,19,20). The number of nitrogens with one attached hydrogen (secondary N) is 2. The van der Waals surface area contributed by atoms with Crippen LogP contribution in [0.4, 0.5) is 0 Å². The predicted octanol–water partition coefficient (Wildman–Crippen LogP) is 2.51. The molecule has 1 aliphatic rings. The molecule has 1 aliphatic carbocycles. The third-order valence-corrected chi connectivity index (χ3v) is 4.01. The number of methoxy groups -OCH3 is 1. The van der Waals surface area contributed by atoms with Gasteiger partial charge in [-0.15, -0.1) is 0 Å². The topological polar surface area (TPSA) is 50.4 Å². The highest BCUT2D eigenvalue weighted by atomic mass is 16.5. The molecule has 1 aromatic rings. The van der Waals surface area contributed by atoms with E-state index in [0.717, 1.165) is 18.8 Å². The summed E-state index contributed by atoms with van der Waals surface area (Å²) in [4.78, 5) is 12.3. The van der Waals surface area contributed by atoms with Gasteiger partial charge in [-0.25, -0.2) is 0 Å². The fourth-order valence-electron chi connectivity index (χ4n) is 2.46. The van der Waals surface area contributed by atoms with Crippen LogP contribution in [0.15, 0.2) is 24.3 Å². The van der Waals surface area contributed by atoms with Crippen molar-refractivity contribution in [1.82, 2.24) is 10.6 Å². The largest absolute Gasteiger partial charge is 0.497 e. The van der Waals surface area contributed by atoms with Crippen molar-refractivity contribution in [2.45, 2.75) is 32.7 Å². The van der Waals surface area contributed by atoms with Gasteiger partial charge < -0.3 is 15.4 Å². The molecule has 0 saturated heterocycles. The molecule has 2 atom stereocenters. The SMILES string of the molecule is CCNCC(C)C(=O)NC(c1ccc(OC)cc1)C1CC1. The van der Waals surface area contributed by atoms with Gasteiger partial charge in [0.15, 0.2) is 0 Å². The molecule has 0 aliphatic heterocycles. The summed E-state index contributed by atoms with van der Waals surface area (Å²) in [6.45, 7) is 5.63. The summed E-state index contributed by atoms with van der Waals surface area (Å²) in [5.74, 6) is 1.54. The molecule has 4 heteroatoms. The molecule has 0 radical (unpaired) electrons. The van der Waals surface area contributed by atoms with Gasteiger partial charge in [0.1, 0.15) is 5.75 Å². The highest BCUT2D eigenvalue weighted by Crippen LogP contribution is 2.41. The highest BCUT2D eigenvalue weighted by molar-refractivity contribution is 5.79. The van der Waals surface area contributed by atoms with Crippen LogP contribution in [0.25, 0.3) is 0 Å². The second-order valence-corrected chi connectivity index (χ2v) is 5.81. The first-order chi connectivity index (χ1) is 10.2. The summed E-state index contributed by atoms with van der Waals surface area (Å²) in [7, 11) is 1.66. The van der Waals surface area contributed by atoms with Gasteiger partial charge in [0, 0.05) is 12.5 Å². The van der Waals surface area contributed by atoms with Crippen molar-refractivity contribution < 1.29 is 9.53 Å². The quantitative estimate of drug-likeness (QED) is 0.773. The number of ether oxygens (including phenoxy) is 1. The molecule has 0 heterocycles. The molecule has 4 nitrogen and oxygen atoms in total. The van der Waals surface area contributed by atoms with Crippen LogP contribution >= 0.6 is 0 Å². The summed E-state index contributed by atoms with van der Waals surface area (Å²) in [6.07, 6.45) is 2.39. The molecule has 2 N–H and O–H groups in total. The van der Waals surface area contributed by atoms with E-state index >= 15 is 0 Å². The Balaban J connectivity index is 2.00. The molecular weight excluding hydrogens is 264 g/mol. The molecule has 116 valence electrons. The maximum absolute atomic E-state index is 12.3. The molecule has 2 rings (SSSR count). The first-order valence-corrected chi connectivity index (χ1v) is 7.80. The lowest BCUT2D eigenvalue weighted by Crippen LogP contribution is -2.38. The van der Waals surface area contributed by atoms with Crippen LogP contribution in [0.5, 0.6) is 5.75 Å². The number of carbonyl (C=O) groups is 1. The van der Waals surface area contributed by atoms with Crippen LogP contribution in [0, 0.1) is 11.8 Å². The Kier molecular flexibility index (Phi) is 5.62. The van der Waals surface area contributed by atoms with Gasteiger partial charge in [0.25, 0.3) is 0 Å². The average Bonchev–Trinajstić information content (AvgIpc) is 3.34. The van der Waals surface area contributed by atoms with Gasteiger partial charge in [0.05, 0.1) is 13.2 Å². The van der Waals surface area contributed by atoms with Crippen LogP contribution in [0.3, 0.4) is 0 Å². The van der Waals surface area contributed by atoms with Gasteiger partial charge in [0.2, 0.25) is 5.91 Å². The second kappa shape index (κ2) is 7.46. The predicted molar refractivity (Wildman–Crippen MR) is 84.3 cm³/mol. The monoisotopic (exact) mass is 290 g/mol. The first kappa shape index (κ1) is 15.8. The summed E-state index contributed by atoms with van der Waals surface area (Å²) in [6, 6.07) is 8.15. The van der Waals surface area contributed by atoms with E-state index in [9.17, 15) is 4.79 Å². The number of benzene rings is 1. The molecule has 1 aromatic carbocycles. The van der Waals surface area contributed by atoms with Crippen molar-refractivity contribution in [3.8, 4) is 5.75 Å². The van der Waals surface area contributed by atoms with E-state index in [1.54, 1.807) is 7.11 Å². The number of hydrogen-bond donors (Lipinski definition) is 2. The summed E-state index contributed by atoms with van der Waals surface area (Å²) in [5.41, 5.74) is 1.17. The minimum absolute atomic E-state index is 0.00977. The minimum Gasteiger partial charge on any atom is -0.497 e. The number of hydrogen-bond acceptors (Lipinski definition) is 3. The van der Waals surface area contributed by atoms with Crippen LogP contribution in [-0.4, -0.2) is 26.1 Å². The van der Waals surface area contributed by atoms with Crippen LogP contribution in [0.2, 0.25) is 0 Å². The lowest BCUT2D eigenvalue weighted by molar-refractivity contribution is -0.125. The van der Waals surface area contributed by atoms with E-state index < -0.39 is 0 Å². The number of amides is 1. The zero-order valence-corrected chi connectivity index (χ0v) is 13.2. The molecule has 1 fully saturated rings. The Bertz CT molecular complexity index is 454. The Morgan fingerprint density at radius 3 is 2.52 bits per heavy atom. The van der Waals surface area contributed by atoms with Crippen molar-refractivity contribution in [3.05, 3.63) is 29.8 Å². The van der Waals surface area contributed by atoms with Gasteiger partial charge in [-0.2, -0.15) is 0 Å². The lowest BCUT2D eigenvalue weighted by atomic mass is 10.0. The van der Waals surface area contributed by atoms with E-state index in [-0.39, 0.29) is 17.9 Å². The van der Waals surface area contributed by atoms with Gasteiger partial charge in [-0.1, -0.05) is 26.0 Å². The number of carbonyl (C=O) groups excluding carboxylic acids is 1. The fourth-order valence-corrected chi connectivity index (χ4v) is 2.46. The van der Waals surface area contributed by atoms with Gasteiger partial charge in [-0.05, 0) is 43.0 Å². The summed E-state index contributed by atoms with van der Waals surface area (Å²) < 4.78 is 5.19. The molecule has 1 amide bonds. The smallest absolute Gasteiger partial charge is 0.224 e. The van der Waals surface area contributed by atoms with Crippen LogP contribution in [0.1, 0.15) is 38.3 Å². The van der Waals surface area contributed by atoms with Crippen molar-refractivity contribution in [2.24, 2.45) is 11.8 Å². The zero-order valence-electron chi connectivity index (χ0n) is 13.2. The third-order valence-electron chi connectivity index (χ3n) is 4.01. The van der Waals surface area contributed by atoms with Crippen molar-refractivity contribution in [2.75, 3.05) is 20.2 Å². The van der Waals surface area contributed by atoms with E-state index in [0.29, 0.717) is 5.92 Å². The molecule has 21 heavy (non-hydrogen) atoms. The Morgan fingerprint density at radius 2 is 2.00 bits per heavy atom. The van der Waals surface area contributed by atoms with E-state index in [1.165, 1.54) is 18.4 Å². The maximum atomic E-state index is 12.3. The Hall–Kier alpha value is -1.55. The van der Waals surface area contributed by atoms with Crippen molar-refractivity contribution in [3.63, 3.8) is 0 Å². The van der Waals surface area contributed by atoms with E-state index in [2.05, 4.69) is 29.7 Å². The van der Waals surface area contributed by atoms with Gasteiger partial charge >= 0.3 is 0 Å². The van der Waals surface area contributed by atoms with Crippen LogP contribution in [-0.2, 0) is 4.79 Å². The lowest BCUT2D eigenvalue weighted by Gasteiger charge is -2.21. The Labute approximate surface area is 127 Å². The molecule has 1 saturated carbocycles. The second-order valence-electron chi connectivity index (χ2n) is 5.81. The minimum atomic E-state index is -0.00977. The van der Waals surface area contributed by atoms with Crippen molar-refractivity contribution >= 4 is 5.91 Å². The fraction of sp³-hybridized carbons (Fsp3) is 0.588. The van der Waals surface area contributed by atoms with E-state index in [4.69, 9.17) is 4.74 Å². The molecular formula is C17H26N2O2. The van der Waals surface area contributed by atoms with E-state index in [1.807, 2.05) is 19.1 Å². The first-order valence-electron chi connectivity index (χ1n) is 7.80. The normalized spacial score (nSPS) is 17.1. The van der Waals surface area contributed by atoms with Crippen LogP contribution < -0.4 is 15.4 Å². The van der Waals surface area contributed by atoms with Crippen molar-refractivity contribution in [1.29, 1.82) is 0 Å². The summed E-state index contributed by atoms with van der Waals surface area (Å²) >= 11 is 0. The van der Waals surface area contributed by atoms with Gasteiger partial charge in [-0.3, -0.25) is 4.79 Å². The highest BCUT2D eigenvalue weighted by Gasteiger charge is 2.34. The summed E-state index contributed by atoms with van der Waals surface area (Å²) in [5, 5.41) is 6.45. The zero-order chi connectivity index (χ0) is 15.2. The maximum Gasteiger partial charge on any atom is 0.224 e. The average molecular weight is 290 g/mol. The third kappa shape index (κ3) is 4.46. The molecule has 2 unspecified atom stereocenters. The number of rotatable bonds is 8. The molecule has 0 aromatic heterocycles. The molecule has 0 spiro atoms. The molecule has 0 bridgehead atoms. The Morgan fingerprint density at radius 1 is 1.33 bits per heavy atom.